The maximum Gasteiger partial charge on any atom is -0.00271 e. The van der Waals surface area contributed by atoms with Gasteiger partial charge in [0.15, 0.2) is 0 Å². The van der Waals surface area contributed by atoms with Gasteiger partial charge in [-0.2, -0.15) is 0 Å². The number of terminal acetylenes is 4. The molecule has 0 spiro atoms. The van der Waals surface area contributed by atoms with E-state index in [1.54, 1.807) is 26.0 Å². The SMILES string of the molecule is C.C.C#C.C#C.C#CC.C#CC.C1=CCCC1.C1=CCCC1.C=CC=C.CC#CC.CC#CC. The Morgan fingerprint density at radius 1 is 0.529 bits per heavy atom. The molecule has 34 heavy (non-hydrogen) atoms. The van der Waals surface area contributed by atoms with Gasteiger partial charge in [0.25, 0.3) is 0 Å². The fourth-order valence-corrected chi connectivity index (χ4v) is 1.18. The molecule has 2 aliphatic carbocycles. The van der Waals surface area contributed by atoms with E-state index < -0.39 is 0 Å². The van der Waals surface area contributed by atoms with E-state index in [9.17, 15) is 0 Å². The van der Waals surface area contributed by atoms with Gasteiger partial charge in [-0.1, -0.05) is 64.5 Å². The molecule has 0 aromatic heterocycles. The minimum Gasteiger partial charge on any atom is -0.124 e. The lowest BCUT2D eigenvalue weighted by Gasteiger charge is -1.69. The van der Waals surface area contributed by atoms with Crippen molar-refractivity contribution in [1.29, 1.82) is 0 Å². The third-order valence-electron chi connectivity index (χ3n) is 2.48. The third-order valence-corrected chi connectivity index (χ3v) is 2.48. The van der Waals surface area contributed by atoms with Crippen LogP contribution in [0.15, 0.2) is 49.6 Å². The number of hydrogen-bond donors (Lipinski definition) is 0. The molecule has 0 heteroatoms. The van der Waals surface area contributed by atoms with Crippen LogP contribution in [0.5, 0.6) is 0 Å². The Kier molecular flexibility index (Phi) is 193. The first kappa shape index (κ1) is 57.3. The molecule has 0 fully saturated rings. The van der Waals surface area contributed by atoms with Gasteiger partial charge >= 0.3 is 0 Å². The van der Waals surface area contributed by atoms with Crippen LogP contribution in [-0.2, 0) is 0 Å². The second-order valence-electron chi connectivity index (χ2n) is 4.85. The Balaban J connectivity index is -0.0000000299. The summed E-state index contributed by atoms with van der Waals surface area (Å²) in [7, 11) is 0. The molecule has 0 N–H and O–H groups in total. The van der Waals surface area contributed by atoms with E-state index in [1.807, 2.05) is 27.7 Å². The quantitative estimate of drug-likeness (QED) is 0.206. The molecule has 2 rings (SSSR count). The molecule has 0 nitrogen and oxygen atoms in total. The molecule has 0 radical (unpaired) electrons. The van der Waals surface area contributed by atoms with Crippen molar-refractivity contribution in [2.45, 2.75) is 94.9 Å². The molecule has 0 bridgehead atoms. The standard InChI is InChI=1S/2C5H8.3C4H6.2C3H4.2C2H2.2CH4/c2*1-2-4-5-3-1;3*1-3-4-2;2*1-3-2;2*1-2;;/h2*1-2H,3-5H2;2*1-2H3;3-4H,1-2H2;2*1H,2H3;2*1-2H;2*1H4. The second-order valence-corrected chi connectivity index (χ2v) is 4.85. The zero-order valence-electron chi connectivity index (χ0n) is 21.6. The zero-order chi connectivity index (χ0) is 26.7. The van der Waals surface area contributed by atoms with Crippen molar-refractivity contribution in [2.75, 3.05) is 0 Å². The average molecular weight is 463 g/mol. The van der Waals surface area contributed by atoms with Crippen molar-refractivity contribution < 1.29 is 0 Å². The summed E-state index contributed by atoms with van der Waals surface area (Å²) in [6.07, 6.45) is 45.5. The van der Waals surface area contributed by atoms with Gasteiger partial charge in [-0.15, -0.1) is 74.1 Å². The highest BCUT2D eigenvalue weighted by Crippen LogP contribution is 2.05. The molecule has 2 aliphatic rings. The van der Waals surface area contributed by atoms with Crippen LogP contribution >= 0.6 is 0 Å². The van der Waals surface area contributed by atoms with Crippen molar-refractivity contribution in [1.82, 2.24) is 0 Å². The summed E-state index contributed by atoms with van der Waals surface area (Å²) in [4.78, 5) is 0. The largest absolute Gasteiger partial charge is 0.124 e. The van der Waals surface area contributed by atoms with E-state index in [-0.39, 0.29) is 14.9 Å². The number of rotatable bonds is 1. The lowest BCUT2D eigenvalue weighted by Crippen LogP contribution is -1.50. The van der Waals surface area contributed by atoms with E-state index in [2.05, 4.69) is 112 Å². The van der Waals surface area contributed by atoms with Crippen molar-refractivity contribution in [3.8, 4) is 74.1 Å². The summed E-state index contributed by atoms with van der Waals surface area (Å²) in [5, 5.41) is 0. The Labute approximate surface area is 218 Å². The predicted molar refractivity (Wildman–Crippen MR) is 167 cm³/mol. The number of hydrogen-bond acceptors (Lipinski definition) is 0. The van der Waals surface area contributed by atoms with E-state index in [4.69, 9.17) is 0 Å². The van der Waals surface area contributed by atoms with Gasteiger partial charge in [-0.25, -0.2) is 0 Å². The van der Waals surface area contributed by atoms with Crippen LogP contribution in [0.2, 0.25) is 0 Å². The number of allylic oxidation sites excluding steroid dienone is 6. The molecule has 0 unspecified atom stereocenters. The normalized spacial score (nSPS) is 8.12. The van der Waals surface area contributed by atoms with Crippen LogP contribution in [-0.4, -0.2) is 0 Å². The maximum atomic E-state index is 4.60. The highest BCUT2D eigenvalue weighted by Gasteiger charge is 1.85. The van der Waals surface area contributed by atoms with Crippen LogP contribution in [0, 0.1) is 74.1 Å². The van der Waals surface area contributed by atoms with Gasteiger partial charge in [-0.3, -0.25) is 0 Å². The molecule has 190 valence electrons. The van der Waals surface area contributed by atoms with Crippen LogP contribution in [0.25, 0.3) is 0 Å². The molecular formula is C34H54. The summed E-state index contributed by atoms with van der Waals surface area (Å²) in [5.41, 5.74) is 0. The molecule has 0 saturated heterocycles. The predicted octanol–water partition coefficient (Wildman–Crippen LogP) is 9.92. The summed E-state index contributed by atoms with van der Waals surface area (Å²) in [5.74, 6) is 15.2. The van der Waals surface area contributed by atoms with Gasteiger partial charge in [0, 0.05) is 0 Å². The lowest BCUT2D eigenvalue weighted by atomic mass is 10.4. The molecule has 0 saturated carbocycles. The van der Waals surface area contributed by atoms with Crippen LogP contribution in [0.1, 0.15) is 94.9 Å². The minimum atomic E-state index is 0. The monoisotopic (exact) mass is 462 g/mol. The Morgan fingerprint density at radius 2 is 0.676 bits per heavy atom. The topological polar surface area (TPSA) is 0 Å². The van der Waals surface area contributed by atoms with E-state index in [0.717, 1.165) is 0 Å². The van der Waals surface area contributed by atoms with Gasteiger partial charge in [0.1, 0.15) is 0 Å². The smallest absolute Gasteiger partial charge is 0.00271 e. The summed E-state index contributed by atoms with van der Waals surface area (Å²) >= 11 is 0. The highest BCUT2D eigenvalue weighted by atomic mass is 13.9. The van der Waals surface area contributed by atoms with Gasteiger partial charge < -0.3 is 0 Å². The van der Waals surface area contributed by atoms with Crippen molar-refractivity contribution in [2.24, 2.45) is 0 Å². The van der Waals surface area contributed by atoms with Gasteiger partial charge in [0.05, 0.1) is 0 Å². The third kappa shape index (κ3) is 243. The fourth-order valence-electron chi connectivity index (χ4n) is 1.18. The average Bonchev–Trinajstić information content (AvgIpc) is 3.62. The summed E-state index contributed by atoms with van der Waals surface area (Å²) in [6, 6.07) is 0. The van der Waals surface area contributed by atoms with Gasteiger partial charge in [-0.05, 0) is 80.1 Å². The molecule has 0 atom stereocenters. The molecule has 0 aliphatic heterocycles. The Bertz CT molecular complexity index is 528. The van der Waals surface area contributed by atoms with Crippen molar-refractivity contribution >= 4 is 0 Å². The van der Waals surface area contributed by atoms with Crippen molar-refractivity contribution in [3.63, 3.8) is 0 Å². The summed E-state index contributed by atoms with van der Waals surface area (Å²) < 4.78 is 0. The first-order chi connectivity index (χ1) is 15.6. The van der Waals surface area contributed by atoms with Crippen LogP contribution < -0.4 is 0 Å². The van der Waals surface area contributed by atoms with Crippen LogP contribution in [0.4, 0.5) is 0 Å². The maximum absolute atomic E-state index is 4.60. The first-order valence-corrected chi connectivity index (χ1v) is 10.2. The molecular weight excluding hydrogens is 408 g/mol. The Morgan fingerprint density at radius 3 is 0.706 bits per heavy atom. The highest BCUT2D eigenvalue weighted by molar-refractivity contribution is 4.90. The molecule has 0 aromatic carbocycles. The molecule has 0 amide bonds. The lowest BCUT2D eigenvalue weighted by molar-refractivity contribution is 0.929. The summed E-state index contributed by atoms with van der Waals surface area (Å²) in [6.45, 7) is 17.3. The van der Waals surface area contributed by atoms with Crippen molar-refractivity contribution in [3.05, 3.63) is 49.6 Å². The minimum absolute atomic E-state index is 0. The molecule has 0 aromatic rings. The van der Waals surface area contributed by atoms with E-state index >= 15 is 0 Å². The fraction of sp³-hybridized carbons (Fsp3) is 0.412. The van der Waals surface area contributed by atoms with Gasteiger partial charge in [0.2, 0.25) is 0 Å². The second kappa shape index (κ2) is 115. The first-order valence-electron chi connectivity index (χ1n) is 10.2. The van der Waals surface area contributed by atoms with E-state index in [1.165, 1.54) is 38.5 Å². The zero-order valence-corrected chi connectivity index (χ0v) is 21.6. The van der Waals surface area contributed by atoms with E-state index in [0.29, 0.717) is 0 Å². The van der Waals surface area contributed by atoms with Crippen LogP contribution in [0.3, 0.4) is 0 Å². The Hall–Kier alpha value is -3.68. The molecule has 0 heterocycles.